The second-order valence-electron chi connectivity index (χ2n) is 6.32. The van der Waals surface area contributed by atoms with Gasteiger partial charge in [0, 0.05) is 33.3 Å². The number of hydrogen-bond acceptors (Lipinski definition) is 4. The molecule has 3 aromatic rings. The van der Waals surface area contributed by atoms with Gasteiger partial charge in [-0.3, -0.25) is 9.39 Å². The Labute approximate surface area is 163 Å². The number of fused-ring (bicyclic) bond motifs is 1. The zero-order valence-corrected chi connectivity index (χ0v) is 16.2. The maximum absolute atomic E-state index is 13.6. The van der Waals surface area contributed by atoms with Crippen LogP contribution in [-0.2, 0) is 6.42 Å². The molecule has 0 aliphatic rings. The number of aryl methyl sites for hydroxylation is 1. The van der Waals surface area contributed by atoms with E-state index < -0.39 is 0 Å². The van der Waals surface area contributed by atoms with Crippen LogP contribution in [0.15, 0.2) is 53.7 Å². The summed E-state index contributed by atoms with van der Waals surface area (Å²) in [6.07, 6.45) is 3.68. The van der Waals surface area contributed by atoms with E-state index in [9.17, 15) is 4.39 Å². The minimum Gasteiger partial charge on any atom is -0.489 e. The molecule has 0 radical (unpaired) electrons. The lowest BCUT2D eigenvalue weighted by atomic mass is 10.3. The van der Waals surface area contributed by atoms with Crippen LogP contribution in [0.25, 0.3) is 5.65 Å². The third kappa shape index (κ3) is 4.97. The van der Waals surface area contributed by atoms with E-state index >= 15 is 0 Å². The number of hydrogen-bond donors (Lipinski definition) is 1. The van der Waals surface area contributed by atoms with Gasteiger partial charge in [-0.2, -0.15) is 0 Å². The number of likely N-dealkylation sites (N-methyl/N-ethyl adjacent to an activating group) is 1. The van der Waals surface area contributed by atoms with Crippen molar-refractivity contribution in [3.8, 4) is 5.75 Å². The van der Waals surface area contributed by atoms with Gasteiger partial charge in [-0.25, -0.2) is 4.39 Å². The molecule has 2 aromatic heterocycles. The summed E-state index contributed by atoms with van der Waals surface area (Å²) in [5.41, 5.74) is 0.857. The number of halogens is 1. The Balaban J connectivity index is 1.40. The summed E-state index contributed by atoms with van der Waals surface area (Å²) < 4.78 is 21.1. The number of nitrogens with one attached hydrogen (secondary N) is 1. The van der Waals surface area contributed by atoms with E-state index in [1.807, 2.05) is 40.7 Å². The highest BCUT2D eigenvalue weighted by Crippen LogP contribution is 2.15. The van der Waals surface area contributed by atoms with Gasteiger partial charge in [0.2, 0.25) is 0 Å². The minimum atomic E-state index is -0.353. The zero-order chi connectivity index (χ0) is 19.8. The molecule has 1 N–H and O–H groups in total. The van der Waals surface area contributed by atoms with E-state index in [1.165, 1.54) is 6.07 Å². The van der Waals surface area contributed by atoms with E-state index in [0.717, 1.165) is 36.8 Å². The van der Waals surface area contributed by atoms with Gasteiger partial charge in [0.05, 0.1) is 6.54 Å². The minimum absolute atomic E-state index is 0.263. The molecule has 2 heterocycles. The quantitative estimate of drug-likeness (QED) is 0.367. The van der Waals surface area contributed by atoms with Crippen LogP contribution in [0, 0.1) is 5.82 Å². The van der Waals surface area contributed by atoms with E-state index in [4.69, 9.17) is 4.74 Å². The lowest BCUT2D eigenvalue weighted by molar-refractivity contribution is 0.270. The molecule has 0 unspecified atom stereocenters. The number of nitrogens with zero attached hydrogens (tertiary/aromatic N) is 5. The third-order valence-corrected chi connectivity index (χ3v) is 4.34. The molecular formula is C20H25FN6O. The Morgan fingerprint density at radius 2 is 2.04 bits per heavy atom. The lowest BCUT2D eigenvalue weighted by Gasteiger charge is -2.22. The molecule has 0 saturated heterocycles. The highest BCUT2D eigenvalue weighted by Gasteiger charge is 2.08. The lowest BCUT2D eigenvalue weighted by Crippen LogP contribution is -2.41. The molecule has 8 heteroatoms. The first-order valence-corrected chi connectivity index (χ1v) is 9.27. The van der Waals surface area contributed by atoms with E-state index in [0.29, 0.717) is 13.2 Å². The molecule has 0 aliphatic carbocycles. The first kappa shape index (κ1) is 19.6. The Morgan fingerprint density at radius 1 is 1.21 bits per heavy atom. The van der Waals surface area contributed by atoms with Crippen LogP contribution >= 0.6 is 0 Å². The second-order valence-corrected chi connectivity index (χ2v) is 6.32. The number of para-hydroxylation sites is 1. The molecule has 7 nitrogen and oxygen atoms in total. The molecule has 1 aromatic carbocycles. The van der Waals surface area contributed by atoms with Gasteiger partial charge in [0.25, 0.3) is 0 Å². The standard InChI is InChI=1S/C20H25FN6O/c1-22-20(26(2)14-15-28-17-9-4-3-8-16(17)21)23-12-7-11-19-25-24-18-10-5-6-13-27(18)19/h3-6,8-10,13H,7,11-12,14-15H2,1-2H3,(H,22,23). The van der Waals surface area contributed by atoms with Gasteiger partial charge in [0.1, 0.15) is 12.4 Å². The Kier molecular flexibility index (Phi) is 6.78. The number of rotatable bonds is 8. The maximum Gasteiger partial charge on any atom is 0.193 e. The highest BCUT2D eigenvalue weighted by atomic mass is 19.1. The monoisotopic (exact) mass is 384 g/mol. The van der Waals surface area contributed by atoms with E-state index in [1.54, 1.807) is 25.2 Å². The fraction of sp³-hybridized carbons (Fsp3) is 0.350. The number of guanidine groups is 1. The normalized spacial score (nSPS) is 11.6. The summed E-state index contributed by atoms with van der Waals surface area (Å²) in [6.45, 7) is 1.71. The molecule has 28 heavy (non-hydrogen) atoms. The number of aliphatic imine (C=N–C) groups is 1. The van der Waals surface area contributed by atoms with Crippen LogP contribution in [-0.4, -0.2) is 59.2 Å². The van der Waals surface area contributed by atoms with Crippen molar-refractivity contribution in [3.63, 3.8) is 0 Å². The van der Waals surface area contributed by atoms with Crippen molar-refractivity contribution in [3.05, 3.63) is 60.3 Å². The van der Waals surface area contributed by atoms with E-state index in [2.05, 4.69) is 20.5 Å². The van der Waals surface area contributed by atoms with Crippen molar-refractivity contribution < 1.29 is 9.13 Å². The van der Waals surface area contributed by atoms with E-state index in [-0.39, 0.29) is 11.6 Å². The molecule has 0 fully saturated rings. The number of benzene rings is 1. The first-order chi connectivity index (χ1) is 13.7. The van der Waals surface area contributed by atoms with Gasteiger partial charge < -0.3 is 15.0 Å². The molecule has 0 bridgehead atoms. The van der Waals surface area contributed by atoms with Crippen molar-refractivity contribution in [2.75, 3.05) is 33.8 Å². The number of aromatic nitrogens is 3. The Hall–Kier alpha value is -3.16. The smallest absolute Gasteiger partial charge is 0.193 e. The summed E-state index contributed by atoms with van der Waals surface area (Å²) in [5, 5.41) is 11.7. The van der Waals surface area contributed by atoms with Crippen LogP contribution in [0.1, 0.15) is 12.2 Å². The molecule has 0 amide bonds. The molecule has 3 rings (SSSR count). The predicted octanol–water partition coefficient (Wildman–Crippen LogP) is 2.39. The average molecular weight is 384 g/mol. The zero-order valence-electron chi connectivity index (χ0n) is 16.2. The van der Waals surface area contributed by atoms with Gasteiger partial charge in [-0.1, -0.05) is 18.2 Å². The van der Waals surface area contributed by atoms with Gasteiger partial charge in [-0.15, -0.1) is 10.2 Å². The fourth-order valence-corrected chi connectivity index (χ4v) is 2.85. The Morgan fingerprint density at radius 3 is 2.86 bits per heavy atom. The summed E-state index contributed by atoms with van der Waals surface area (Å²) in [7, 11) is 3.66. The van der Waals surface area contributed by atoms with Gasteiger partial charge in [-0.05, 0) is 30.7 Å². The maximum atomic E-state index is 13.6. The Bertz CT molecular complexity index is 926. The van der Waals surface area contributed by atoms with Gasteiger partial charge >= 0.3 is 0 Å². The summed E-state index contributed by atoms with van der Waals surface area (Å²) in [6, 6.07) is 12.3. The van der Waals surface area contributed by atoms with Crippen LogP contribution in [0.2, 0.25) is 0 Å². The fourth-order valence-electron chi connectivity index (χ4n) is 2.85. The van der Waals surface area contributed by atoms with Crippen molar-refractivity contribution in [1.29, 1.82) is 0 Å². The van der Waals surface area contributed by atoms with Crippen LogP contribution in [0.5, 0.6) is 5.75 Å². The molecular weight excluding hydrogens is 359 g/mol. The summed E-state index contributed by atoms with van der Waals surface area (Å²) in [5.74, 6) is 1.62. The molecule has 0 aliphatic heterocycles. The summed E-state index contributed by atoms with van der Waals surface area (Å²) in [4.78, 5) is 6.24. The SMILES string of the molecule is CN=C(NCCCc1nnc2ccccn12)N(C)CCOc1ccccc1F. The van der Waals surface area contributed by atoms with Crippen molar-refractivity contribution >= 4 is 11.6 Å². The van der Waals surface area contributed by atoms with Crippen LogP contribution in [0.3, 0.4) is 0 Å². The molecule has 0 saturated carbocycles. The van der Waals surface area contributed by atoms with Crippen molar-refractivity contribution in [1.82, 2.24) is 24.8 Å². The average Bonchev–Trinajstić information content (AvgIpc) is 3.12. The van der Waals surface area contributed by atoms with Gasteiger partial charge in [0.15, 0.2) is 23.2 Å². The summed E-state index contributed by atoms with van der Waals surface area (Å²) >= 11 is 0. The van der Waals surface area contributed by atoms with Crippen molar-refractivity contribution in [2.45, 2.75) is 12.8 Å². The first-order valence-electron chi connectivity index (χ1n) is 9.27. The topological polar surface area (TPSA) is 67.0 Å². The number of pyridine rings is 1. The molecule has 148 valence electrons. The number of ether oxygens (including phenoxy) is 1. The largest absolute Gasteiger partial charge is 0.489 e. The highest BCUT2D eigenvalue weighted by molar-refractivity contribution is 5.79. The molecule has 0 spiro atoms. The molecule has 0 atom stereocenters. The second kappa shape index (κ2) is 9.68. The van der Waals surface area contributed by atoms with Crippen LogP contribution < -0.4 is 10.1 Å². The van der Waals surface area contributed by atoms with Crippen LogP contribution in [0.4, 0.5) is 4.39 Å². The third-order valence-electron chi connectivity index (χ3n) is 4.34. The van der Waals surface area contributed by atoms with Crippen molar-refractivity contribution in [2.24, 2.45) is 4.99 Å². The predicted molar refractivity (Wildman–Crippen MR) is 107 cm³/mol.